The number of aryl methyl sites for hydroxylation is 1. The van der Waals surface area contributed by atoms with Gasteiger partial charge in [0.15, 0.2) is 0 Å². The topological polar surface area (TPSA) is 32.3 Å². The van der Waals surface area contributed by atoms with E-state index in [1.54, 1.807) is 0 Å². The maximum absolute atomic E-state index is 12.0. The molecule has 3 nitrogen and oxygen atoms in total. The lowest BCUT2D eigenvalue weighted by molar-refractivity contribution is -0.120. The monoisotopic (exact) mass is 308 g/mol. The van der Waals surface area contributed by atoms with Crippen LogP contribution in [0, 0.1) is 6.92 Å². The van der Waals surface area contributed by atoms with Crippen molar-refractivity contribution in [3.8, 4) is 0 Å². The molecule has 23 heavy (non-hydrogen) atoms. The van der Waals surface area contributed by atoms with Crippen LogP contribution >= 0.6 is 0 Å². The zero-order chi connectivity index (χ0) is 16.1. The fraction of sp³-hybridized carbons (Fsp3) is 0.350. The van der Waals surface area contributed by atoms with E-state index in [-0.39, 0.29) is 5.91 Å². The minimum Gasteiger partial charge on any atom is -0.371 e. The zero-order valence-corrected chi connectivity index (χ0v) is 13.7. The van der Waals surface area contributed by atoms with Crippen LogP contribution in [0.15, 0.2) is 48.5 Å². The molecule has 2 aromatic carbocycles. The van der Waals surface area contributed by atoms with E-state index < -0.39 is 0 Å². The lowest BCUT2D eigenvalue weighted by Crippen LogP contribution is -2.30. The van der Waals surface area contributed by atoms with Crippen LogP contribution in [0.25, 0.3) is 0 Å². The third-order valence-corrected chi connectivity index (χ3v) is 4.40. The van der Waals surface area contributed by atoms with Crippen molar-refractivity contribution in [3.05, 3.63) is 65.2 Å². The maximum atomic E-state index is 12.0. The van der Waals surface area contributed by atoms with Gasteiger partial charge in [-0.3, -0.25) is 4.79 Å². The Labute approximate surface area is 138 Å². The zero-order valence-electron chi connectivity index (χ0n) is 13.7. The molecule has 0 unspecified atom stereocenters. The van der Waals surface area contributed by atoms with Crippen LogP contribution < -0.4 is 10.2 Å². The lowest BCUT2D eigenvalue weighted by Gasteiger charge is -2.19. The Morgan fingerprint density at radius 3 is 2.74 bits per heavy atom. The van der Waals surface area contributed by atoms with Gasteiger partial charge in [0.2, 0.25) is 5.91 Å². The minimum atomic E-state index is 0.107. The summed E-state index contributed by atoms with van der Waals surface area (Å²) >= 11 is 0. The second-order valence-electron chi connectivity index (χ2n) is 6.23. The summed E-state index contributed by atoms with van der Waals surface area (Å²) in [5, 5.41) is 3.03. The van der Waals surface area contributed by atoms with Gasteiger partial charge in [-0.25, -0.2) is 0 Å². The molecular formula is C20H24N2O. The van der Waals surface area contributed by atoms with Crippen LogP contribution in [0.5, 0.6) is 0 Å². The number of anilines is 1. The molecule has 0 spiro atoms. The van der Waals surface area contributed by atoms with E-state index in [9.17, 15) is 4.79 Å². The number of rotatable bonds is 6. The summed E-state index contributed by atoms with van der Waals surface area (Å²) in [7, 11) is 0. The highest BCUT2D eigenvalue weighted by Gasteiger charge is 2.17. The maximum Gasteiger partial charge on any atom is 0.224 e. The first-order chi connectivity index (χ1) is 11.2. The van der Waals surface area contributed by atoms with Crippen LogP contribution in [-0.2, 0) is 17.6 Å². The van der Waals surface area contributed by atoms with Crippen LogP contribution in [0.4, 0.5) is 5.69 Å². The van der Waals surface area contributed by atoms with Gasteiger partial charge >= 0.3 is 0 Å². The standard InChI is InChI=1S/C20H24N2O/c1-16-7-9-17(10-8-16)15-20(23)21-12-4-13-22-14-11-18-5-2-3-6-19(18)22/h2-3,5-10H,4,11-15H2,1H3,(H,21,23). The number of carbonyl (C=O) groups is 1. The van der Waals surface area contributed by atoms with E-state index in [4.69, 9.17) is 0 Å². The first-order valence-corrected chi connectivity index (χ1v) is 8.37. The summed E-state index contributed by atoms with van der Waals surface area (Å²) < 4.78 is 0. The van der Waals surface area contributed by atoms with Crippen molar-refractivity contribution in [1.82, 2.24) is 5.32 Å². The van der Waals surface area contributed by atoms with Gasteiger partial charge in [0.25, 0.3) is 0 Å². The predicted octanol–water partition coefficient (Wildman–Crippen LogP) is 3.11. The lowest BCUT2D eigenvalue weighted by atomic mass is 10.1. The fourth-order valence-electron chi connectivity index (χ4n) is 3.09. The molecule has 1 amide bonds. The Morgan fingerprint density at radius 2 is 1.91 bits per heavy atom. The summed E-state index contributed by atoms with van der Waals surface area (Å²) in [5.74, 6) is 0.107. The molecule has 3 rings (SSSR count). The summed E-state index contributed by atoms with van der Waals surface area (Å²) in [6.45, 7) is 4.89. The molecule has 1 aliphatic rings. The van der Waals surface area contributed by atoms with Crippen molar-refractivity contribution in [2.24, 2.45) is 0 Å². The van der Waals surface area contributed by atoms with Crippen molar-refractivity contribution < 1.29 is 4.79 Å². The molecule has 120 valence electrons. The second kappa shape index (κ2) is 7.32. The number of hydrogen-bond donors (Lipinski definition) is 1. The molecule has 0 aliphatic carbocycles. The van der Waals surface area contributed by atoms with Crippen molar-refractivity contribution in [2.75, 3.05) is 24.5 Å². The van der Waals surface area contributed by atoms with Crippen LogP contribution in [-0.4, -0.2) is 25.5 Å². The molecule has 1 N–H and O–H groups in total. The number of nitrogens with one attached hydrogen (secondary N) is 1. The highest BCUT2D eigenvalue weighted by molar-refractivity contribution is 5.78. The molecule has 0 saturated heterocycles. The molecule has 0 fully saturated rings. The second-order valence-corrected chi connectivity index (χ2v) is 6.23. The van der Waals surface area contributed by atoms with Crippen molar-refractivity contribution in [2.45, 2.75) is 26.2 Å². The summed E-state index contributed by atoms with van der Waals surface area (Å²) in [5.41, 5.74) is 5.09. The van der Waals surface area contributed by atoms with E-state index in [0.717, 1.165) is 38.0 Å². The van der Waals surface area contributed by atoms with Gasteiger partial charge < -0.3 is 10.2 Å². The quantitative estimate of drug-likeness (QED) is 0.832. The molecular weight excluding hydrogens is 284 g/mol. The Kier molecular flexibility index (Phi) is 4.96. The molecule has 0 saturated carbocycles. The number of benzene rings is 2. The Bertz CT molecular complexity index is 664. The summed E-state index contributed by atoms with van der Waals surface area (Å²) in [4.78, 5) is 14.4. The molecule has 1 heterocycles. The third-order valence-electron chi connectivity index (χ3n) is 4.40. The van der Waals surface area contributed by atoms with Gasteiger partial charge in [0.1, 0.15) is 0 Å². The average Bonchev–Trinajstić information content (AvgIpc) is 2.97. The van der Waals surface area contributed by atoms with Gasteiger partial charge in [-0.1, -0.05) is 48.0 Å². The molecule has 1 aliphatic heterocycles. The van der Waals surface area contributed by atoms with Crippen molar-refractivity contribution in [1.29, 1.82) is 0 Å². The Morgan fingerprint density at radius 1 is 1.13 bits per heavy atom. The normalized spacial score (nSPS) is 13.0. The van der Waals surface area contributed by atoms with E-state index in [2.05, 4.69) is 41.4 Å². The number of hydrogen-bond acceptors (Lipinski definition) is 2. The summed E-state index contributed by atoms with van der Waals surface area (Å²) in [6.07, 6.45) is 2.58. The van der Waals surface area contributed by atoms with Gasteiger partial charge in [-0.15, -0.1) is 0 Å². The fourth-order valence-corrected chi connectivity index (χ4v) is 3.09. The summed E-state index contributed by atoms with van der Waals surface area (Å²) in [6, 6.07) is 16.7. The van der Waals surface area contributed by atoms with Crippen molar-refractivity contribution >= 4 is 11.6 Å². The Balaban J connectivity index is 1.39. The van der Waals surface area contributed by atoms with E-state index in [1.807, 2.05) is 24.3 Å². The van der Waals surface area contributed by atoms with Crippen LogP contribution in [0.3, 0.4) is 0 Å². The largest absolute Gasteiger partial charge is 0.371 e. The van der Waals surface area contributed by atoms with Gasteiger partial charge in [0.05, 0.1) is 6.42 Å². The molecule has 2 aromatic rings. The number of carbonyl (C=O) groups excluding carboxylic acids is 1. The first kappa shape index (κ1) is 15.6. The number of fused-ring (bicyclic) bond motifs is 1. The van der Waals surface area contributed by atoms with Crippen LogP contribution in [0.2, 0.25) is 0 Å². The third kappa shape index (κ3) is 4.13. The van der Waals surface area contributed by atoms with Gasteiger partial charge in [0, 0.05) is 25.3 Å². The van der Waals surface area contributed by atoms with Gasteiger partial charge in [-0.2, -0.15) is 0 Å². The minimum absolute atomic E-state index is 0.107. The van der Waals surface area contributed by atoms with Gasteiger partial charge in [-0.05, 0) is 37.0 Å². The highest BCUT2D eigenvalue weighted by atomic mass is 16.1. The molecule has 0 atom stereocenters. The highest BCUT2D eigenvalue weighted by Crippen LogP contribution is 2.27. The number of nitrogens with zero attached hydrogens (tertiary/aromatic N) is 1. The molecule has 0 aromatic heterocycles. The SMILES string of the molecule is Cc1ccc(CC(=O)NCCCN2CCc3ccccc32)cc1. The molecule has 0 radical (unpaired) electrons. The van der Waals surface area contributed by atoms with E-state index in [0.29, 0.717) is 6.42 Å². The smallest absolute Gasteiger partial charge is 0.224 e. The molecule has 0 bridgehead atoms. The van der Waals surface area contributed by atoms with E-state index in [1.165, 1.54) is 16.8 Å². The predicted molar refractivity (Wildman–Crippen MR) is 94.9 cm³/mol. The average molecular weight is 308 g/mol. The van der Waals surface area contributed by atoms with Crippen molar-refractivity contribution in [3.63, 3.8) is 0 Å². The van der Waals surface area contributed by atoms with E-state index >= 15 is 0 Å². The first-order valence-electron chi connectivity index (χ1n) is 8.37. The molecule has 3 heteroatoms. The number of para-hydroxylation sites is 1. The van der Waals surface area contributed by atoms with Crippen LogP contribution in [0.1, 0.15) is 23.1 Å². The Hall–Kier alpha value is -2.29. The number of amides is 1.